The molecule has 32 heavy (non-hydrogen) atoms. The second-order valence-corrected chi connectivity index (χ2v) is 8.04. The number of fused-ring (bicyclic) bond motifs is 2. The quantitative estimate of drug-likeness (QED) is 0.475. The van der Waals surface area contributed by atoms with E-state index < -0.39 is 0 Å². The van der Waals surface area contributed by atoms with Gasteiger partial charge in [-0.05, 0) is 23.3 Å². The van der Waals surface area contributed by atoms with E-state index in [1.165, 1.54) is 16.3 Å². The van der Waals surface area contributed by atoms with Gasteiger partial charge in [-0.1, -0.05) is 42.5 Å². The molecule has 6 rings (SSSR count). The molecule has 1 fully saturated rings. The average molecular weight is 425 g/mol. The van der Waals surface area contributed by atoms with Crippen LogP contribution in [0.5, 0.6) is 0 Å². The van der Waals surface area contributed by atoms with Crippen LogP contribution >= 0.6 is 0 Å². The maximum Gasteiger partial charge on any atom is 0.199 e. The van der Waals surface area contributed by atoms with Gasteiger partial charge in [-0.3, -0.25) is 5.10 Å². The lowest BCUT2D eigenvalue weighted by Crippen LogP contribution is -2.36. The van der Waals surface area contributed by atoms with Gasteiger partial charge in [0.1, 0.15) is 17.8 Å². The molecule has 8 heteroatoms. The number of nitrogens with zero attached hydrogens (tertiary/aromatic N) is 6. The fourth-order valence-corrected chi connectivity index (χ4v) is 4.44. The molecule has 160 valence electrons. The standard InChI is InChI=1S/C24H23N7O/c1-16-20(13-18-7-4-6-17-5-2-3-8-19(17)18)24-27-22(30-9-11-32-12-10-30)14-21(31(24)29-16)23-25-15-26-28-23/h2-8,14-15H,9-13H2,1H3,(H,25,26,28). The normalized spacial score (nSPS) is 14.5. The van der Waals surface area contributed by atoms with Gasteiger partial charge in [-0.25, -0.2) is 14.5 Å². The predicted octanol–water partition coefficient (Wildman–Crippen LogP) is 3.40. The molecule has 0 spiro atoms. The van der Waals surface area contributed by atoms with Crippen LogP contribution < -0.4 is 4.90 Å². The summed E-state index contributed by atoms with van der Waals surface area (Å²) in [6.07, 6.45) is 2.34. The third-order valence-electron chi connectivity index (χ3n) is 6.10. The van der Waals surface area contributed by atoms with E-state index in [1.807, 2.05) is 17.5 Å². The van der Waals surface area contributed by atoms with Crippen LogP contribution in [0.1, 0.15) is 16.8 Å². The zero-order valence-corrected chi connectivity index (χ0v) is 17.8. The van der Waals surface area contributed by atoms with Gasteiger partial charge >= 0.3 is 0 Å². The molecule has 0 radical (unpaired) electrons. The van der Waals surface area contributed by atoms with E-state index in [2.05, 4.69) is 62.5 Å². The van der Waals surface area contributed by atoms with Gasteiger partial charge in [0.2, 0.25) is 0 Å². The molecule has 2 aromatic carbocycles. The van der Waals surface area contributed by atoms with Gasteiger partial charge in [0.05, 0.1) is 18.9 Å². The lowest BCUT2D eigenvalue weighted by atomic mass is 9.98. The van der Waals surface area contributed by atoms with Crippen LogP contribution in [0.15, 0.2) is 54.9 Å². The van der Waals surface area contributed by atoms with Crippen molar-refractivity contribution in [2.45, 2.75) is 13.3 Å². The Balaban J connectivity index is 1.53. The third kappa shape index (κ3) is 3.20. The summed E-state index contributed by atoms with van der Waals surface area (Å²) in [5, 5.41) is 14.5. The first-order chi connectivity index (χ1) is 15.8. The molecule has 1 saturated heterocycles. The fourth-order valence-electron chi connectivity index (χ4n) is 4.44. The SMILES string of the molecule is Cc1nn2c(-c3nc[nH]n3)cc(N3CCOCC3)nc2c1Cc1cccc2ccccc12. The molecule has 5 aromatic rings. The topological polar surface area (TPSA) is 84.2 Å². The number of aromatic amines is 1. The van der Waals surface area contributed by atoms with Gasteiger partial charge in [-0.15, -0.1) is 0 Å². The summed E-state index contributed by atoms with van der Waals surface area (Å²) in [7, 11) is 0. The van der Waals surface area contributed by atoms with Gasteiger partial charge in [0.15, 0.2) is 11.5 Å². The van der Waals surface area contributed by atoms with Crippen LogP contribution in [0.25, 0.3) is 27.9 Å². The molecule has 0 aliphatic carbocycles. The molecular weight excluding hydrogens is 402 g/mol. The molecule has 0 atom stereocenters. The van der Waals surface area contributed by atoms with Crippen LogP contribution in [-0.2, 0) is 11.2 Å². The van der Waals surface area contributed by atoms with Crippen LogP contribution in [0.4, 0.5) is 5.82 Å². The zero-order valence-electron chi connectivity index (χ0n) is 17.8. The molecule has 3 aromatic heterocycles. The van der Waals surface area contributed by atoms with Crippen molar-refractivity contribution in [1.82, 2.24) is 29.8 Å². The number of hydrogen-bond acceptors (Lipinski definition) is 6. The summed E-state index contributed by atoms with van der Waals surface area (Å²) in [5.41, 5.74) is 5.01. The van der Waals surface area contributed by atoms with Gasteiger partial charge in [-0.2, -0.15) is 10.2 Å². The summed E-state index contributed by atoms with van der Waals surface area (Å²) in [6.45, 7) is 5.06. The Labute approximate surface area is 184 Å². The highest BCUT2D eigenvalue weighted by Crippen LogP contribution is 2.29. The van der Waals surface area contributed by atoms with E-state index in [-0.39, 0.29) is 0 Å². The minimum absolute atomic E-state index is 0.603. The second kappa shape index (κ2) is 7.72. The lowest BCUT2D eigenvalue weighted by molar-refractivity contribution is 0.122. The lowest BCUT2D eigenvalue weighted by Gasteiger charge is -2.28. The minimum Gasteiger partial charge on any atom is -0.378 e. The van der Waals surface area contributed by atoms with Gasteiger partial charge in [0.25, 0.3) is 0 Å². The summed E-state index contributed by atoms with van der Waals surface area (Å²) in [5.74, 6) is 1.51. The van der Waals surface area contributed by atoms with Crippen molar-refractivity contribution in [2.75, 3.05) is 31.2 Å². The molecule has 1 aliphatic rings. The number of rotatable bonds is 4. The van der Waals surface area contributed by atoms with Crippen LogP contribution in [0.2, 0.25) is 0 Å². The highest BCUT2D eigenvalue weighted by Gasteiger charge is 2.21. The number of hydrogen-bond donors (Lipinski definition) is 1. The molecule has 0 bridgehead atoms. The summed E-state index contributed by atoms with van der Waals surface area (Å²) in [6, 6.07) is 17.0. The highest BCUT2D eigenvalue weighted by molar-refractivity contribution is 5.86. The van der Waals surface area contributed by atoms with Crippen LogP contribution in [-0.4, -0.2) is 56.1 Å². The number of morpholine rings is 1. The molecule has 0 amide bonds. The summed E-state index contributed by atoms with van der Waals surface area (Å²) < 4.78 is 7.42. The van der Waals surface area contributed by atoms with E-state index in [0.29, 0.717) is 19.0 Å². The number of H-pyrrole nitrogens is 1. The Kier molecular flexibility index (Phi) is 4.57. The monoisotopic (exact) mass is 425 g/mol. The van der Waals surface area contributed by atoms with E-state index in [9.17, 15) is 0 Å². The maximum atomic E-state index is 5.54. The molecular formula is C24H23N7O. The van der Waals surface area contributed by atoms with Gasteiger partial charge < -0.3 is 9.64 Å². The zero-order chi connectivity index (χ0) is 21.5. The molecule has 1 N–H and O–H groups in total. The number of benzene rings is 2. The highest BCUT2D eigenvalue weighted by atomic mass is 16.5. The van der Waals surface area contributed by atoms with Crippen molar-refractivity contribution in [3.05, 3.63) is 71.7 Å². The Morgan fingerprint density at radius 3 is 2.75 bits per heavy atom. The number of aryl methyl sites for hydroxylation is 1. The Morgan fingerprint density at radius 2 is 1.91 bits per heavy atom. The third-order valence-corrected chi connectivity index (χ3v) is 6.10. The smallest absolute Gasteiger partial charge is 0.199 e. The van der Waals surface area contributed by atoms with E-state index in [0.717, 1.165) is 47.9 Å². The fraction of sp³-hybridized carbons (Fsp3) is 0.250. The maximum absolute atomic E-state index is 5.54. The first-order valence-electron chi connectivity index (χ1n) is 10.8. The number of ether oxygens (including phenoxy) is 1. The molecule has 1 aliphatic heterocycles. The van der Waals surface area contributed by atoms with Crippen molar-refractivity contribution in [2.24, 2.45) is 0 Å². The van der Waals surface area contributed by atoms with Crippen molar-refractivity contribution in [1.29, 1.82) is 0 Å². The molecule has 4 heterocycles. The average Bonchev–Trinajstić information content (AvgIpc) is 3.48. The van der Waals surface area contributed by atoms with Crippen LogP contribution in [0.3, 0.4) is 0 Å². The van der Waals surface area contributed by atoms with Gasteiger partial charge in [0, 0.05) is 31.1 Å². The number of anilines is 1. The van der Waals surface area contributed by atoms with Crippen molar-refractivity contribution in [3.63, 3.8) is 0 Å². The van der Waals surface area contributed by atoms with Crippen molar-refractivity contribution < 1.29 is 4.74 Å². The van der Waals surface area contributed by atoms with Crippen molar-refractivity contribution in [3.8, 4) is 11.5 Å². The molecule has 0 saturated carbocycles. The molecule has 0 unspecified atom stereocenters. The number of aromatic nitrogens is 6. The Hall–Kier alpha value is -3.78. The number of nitrogens with one attached hydrogen (secondary N) is 1. The first kappa shape index (κ1) is 18.9. The van der Waals surface area contributed by atoms with Crippen LogP contribution in [0, 0.1) is 6.92 Å². The first-order valence-corrected chi connectivity index (χ1v) is 10.8. The van der Waals surface area contributed by atoms with Crippen molar-refractivity contribution >= 4 is 22.2 Å². The summed E-state index contributed by atoms with van der Waals surface area (Å²) >= 11 is 0. The minimum atomic E-state index is 0.603. The largest absolute Gasteiger partial charge is 0.378 e. The predicted molar refractivity (Wildman–Crippen MR) is 123 cm³/mol. The Bertz CT molecular complexity index is 1400. The van der Waals surface area contributed by atoms with E-state index in [4.69, 9.17) is 14.8 Å². The Morgan fingerprint density at radius 1 is 1.06 bits per heavy atom. The van der Waals surface area contributed by atoms with E-state index in [1.54, 1.807) is 6.33 Å². The van der Waals surface area contributed by atoms with E-state index >= 15 is 0 Å². The second-order valence-electron chi connectivity index (χ2n) is 8.04. The summed E-state index contributed by atoms with van der Waals surface area (Å²) in [4.78, 5) is 11.7. The molecule has 8 nitrogen and oxygen atoms in total.